The number of ether oxygens (including phenoxy) is 2. The van der Waals surface area contributed by atoms with Gasteiger partial charge >= 0.3 is 6.01 Å². The van der Waals surface area contributed by atoms with Crippen molar-refractivity contribution in [2.45, 2.75) is 62.3 Å². The first-order valence-electron chi connectivity index (χ1n) is 15.9. The Morgan fingerprint density at radius 3 is 2.85 bits per heavy atom. The van der Waals surface area contributed by atoms with E-state index in [-0.39, 0.29) is 64.0 Å². The smallest absolute Gasteiger partial charge is 0.319 e. The van der Waals surface area contributed by atoms with Crippen LogP contribution in [-0.2, 0) is 0 Å². The summed E-state index contributed by atoms with van der Waals surface area (Å²) in [6.45, 7) is 9.83. The number of anilines is 1. The van der Waals surface area contributed by atoms with Gasteiger partial charge in [0.1, 0.15) is 59.4 Å². The molecule has 2 unspecified atom stereocenters. The van der Waals surface area contributed by atoms with Gasteiger partial charge in [-0.1, -0.05) is 12.0 Å². The number of terminal acetylenes is 1. The molecule has 1 N–H and O–H groups in total. The van der Waals surface area contributed by atoms with Gasteiger partial charge in [-0.3, -0.25) is 4.90 Å². The molecule has 240 valence electrons. The van der Waals surface area contributed by atoms with Crippen molar-refractivity contribution in [3.8, 4) is 41.2 Å². The zero-order valence-corrected chi connectivity index (χ0v) is 25.5. The van der Waals surface area contributed by atoms with Crippen molar-refractivity contribution in [3.05, 3.63) is 52.9 Å². The second kappa shape index (κ2) is 11.2. The van der Waals surface area contributed by atoms with Crippen LogP contribution in [0.15, 0.2) is 24.3 Å². The van der Waals surface area contributed by atoms with E-state index in [4.69, 9.17) is 27.5 Å². The largest absolute Gasteiger partial charge is 0.508 e. The fourth-order valence-corrected chi connectivity index (χ4v) is 8.04. The van der Waals surface area contributed by atoms with Gasteiger partial charge in [0.25, 0.3) is 0 Å². The van der Waals surface area contributed by atoms with Crippen LogP contribution in [0.4, 0.5) is 19.0 Å². The summed E-state index contributed by atoms with van der Waals surface area (Å²) in [6, 6.07) is 4.47. The van der Waals surface area contributed by atoms with Crippen LogP contribution in [0.25, 0.3) is 37.8 Å². The van der Waals surface area contributed by atoms with Crippen LogP contribution in [0.1, 0.15) is 44.1 Å². The lowest BCUT2D eigenvalue weighted by Gasteiger charge is -2.31. The lowest BCUT2D eigenvalue weighted by molar-refractivity contribution is 0.107. The first-order chi connectivity index (χ1) is 22.8. The molecular weight excluding hydrogens is 609 g/mol. The fraction of sp³-hybridized carbons (Fsp3) is 0.429. The molecule has 8 rings (SSSR count). The van der Waals surface area contributed by atoms with Crippen molar-refractivity contribution in [3.63, 3.8) is 0 Å². The molecule has 12 heteroatoms. The van der Waals surface area contributed by atoms with Crippen LogP contribution < -0.4 is 14.4 Å². The summed E-state index contributed by atoms with van der Waals surface area (Å²) in [7, 11) is 0. The topological polar surface area (TPSA) is 88.2 Å². The van der Waals surface area contributed by atoms with E-state index >= 15 is 4.39 Å². The maximum absolute atomic E-state index is 17.0. The van der Waals surface area contributed by atoms with Crippen molar-refractivity contribution < 1.29 is 27.8 Å². The number of rotatable bonds is 4. The first-order valence-corrected chi connectivity index (χ1v) is 15.9. The Labute approximate surface area is 269 Å². The first kappa shape index (κ1) is 29.6. The summed E-state index contributed by atoms with van der Waals surface area (Å²) in [6.07, 6.45) is 9.10. The third-order valence-electron chi connectivity index (χ3n) is 10.2. The average molecular weight is 641 g/mol. The van der Waals surface area contributed by atoms with Crippen LogP contribution in [0.2, 0.25) is 0 Å². The maximum Gasteiger partial charge on any atom is 0.319 e. The van der Waals surface area contributed by atoms with Gasteiger partial charge in [0, 0.05) is 36.9 Å². The number of phenols is 1. The molecule has 0 saturated carbocycles. The normalized spacial score (nSPS) is 25.4. The number of pyridine rings is 1. The number of nitrogens with zero attached hydrogens (tertiary/aromatic N) is 6. The summed E-state index contributed by atoms with van der Waals surface area (Å²) in [5.74, 6) is 1.02. The van der Waals surface area contributed by atoms with Crippen LogP contribution >= 0.6 is 0 Å². The zero-order valence-electron chi connectivity index (χ0n) is 25.5. The van der Waals surface area contributed by atoms with Gasteiger partial charge in [-0.25, -0.2) is 24.7 Å². The molecule has 4 aliphatic rings. The fourth-order valence-electron chi connectivity index (χ4n) is 8.04. The minimum atomic E-state index is -0.954. The molecule has 4 aliphatic heterocycles. The monoisotopic (exact) mass is 640 g/mol. The van der Waals surface area contributed by atoms with E-state index in [2.05, 4.69) is 25.6 Å². The Kier molecular flexibility index (Phi) is 7.03. The molecule has 0 bridgehead atoms. The third-order valence-corrected chi connectivity index (χ3v) is 10.2. The number of fused-ring (bicyclic) bond motifs is 4. The van der Waals surface area contributed by atoms with Crippen molar-refractivity contribution in [1.29, 1.82) is 0 Å². The second-order valence-electron chi connectivity index (χ2n) is 12.9. The lowest BCUT2D eigenvalue weighted by Crippen LogP contribution is -2.45. The predicted molar refractivity (Wildman–Crippen MR) is 169 cm³/mol. The minimum Gasteiger partial charge on any atom is -0.508 e. The summed E-state index contributed by atoms with van der Waals surface area (Å²) in [5.41, 5.74) is -0.915. The highest BCUT2D eigenvalue weighted by Crippen LogP contribution is 2.45. The van der Waals surface area contributed by atoms with Crippen LogP contribution in [0.5, 0.6) is 17.6 Å². The Bertz CT molecular complexity index is 2030. The molecule has 2 aromatic heterocycles. The van der Waals surface area contributed by atoms with E-state index in [1.54, 1.807) is 0 Å². The number of hydrogen-bond donors (Lipinski definition) is 1. The van der Waals surface area contributed by atoms with E-state index in [9.17, 15) is 13.9 Å². The van der Waals surface area contributed by atoms with E-state index in [0.717, 1.165) is 32.2 Å². The number of aromatic nitrogens is 3. The van der Waals surface area contributed by atoms with E-state index < -0.39 is 35.4 Å². The number of alkyl halides is 1. The Balaban J connectivity index is 1.34. The van der Waals surface area contributed by atoms with E-state index in [0.29, 0.717) is 37.1 Å². The predicted octanol–water partition coefficient (Wildman–Crippen LogP) is 5.80. The molecule has 4 aromatic rings. The van der Waals surface area contributed by atoms with Crippen LogP contribution in [0.3, 0.4) is 0 Å². The van der Waals surface area contributed by atoms with Gasteiger partial charge in [-0.15, -0.1) is 6.42 Å². The molecule has 3 saturated heterocycles. The lowest BCUT2D eigenvalue weighted by atomic mass is 9.95. The van der Waals surface area contributed by atoms with Gasteiger partial charge in [0.05, 0.1) is 11.1 Å². The number of benzene rings is 2. The molecular formula is C35H31F3N6O3. The van der Waals surface area contributed by atoms with E-state index in [1.807, 2.05) is 4.90 Å². The Morgan fingerprint density at radius 1 is 1.15 bits per heavy atom. The SMILES string of the molecule is [C-]#[N+]C1CCCCN2c3nc(OC[C@@]45CCCN4C[C@H](F)C5)nc4c(F)c(-c5cc(O)cc6ccc(F)c(C#C)c56)nc(c34)OCC12. The molecule has 3 fully saturated rings. The van der Waals surface area contributed by atoms with Crippen LogP contribution in [0, 0.1) is 30.6 Å². The molecule has 6 heterocycles. The highest BCUT2D eigenvalue weighted by atomic mass is 19.1. The molecule has 0 aliphatic carbocycles. The van der Waals surface area contributed by atoms with Crippen LogP contribution in [-0.4, -0.2) is 81.6 Å². The van der Waals surface area contributed by atoms with Crippen molar-refractivity contribution >= 4 is 27.5 Å². The summed E-state index contributed by atoms with van der Waals surface area (Å²) in [4.78, 5) is 22.0. The number of aromatic hydroxyl groups is 1. The molecule has 0 amide bonds. The summed E-state index contributed by atoms with van der Waals surface area (Å²) in [5, 5.41) is 11.5. The van der Waals surface area contributed by atoms with Gasteiger partial charge in [0.15, 0.2) is 5.82 Å². The maximum atomic E-state index is 17.0. The van der Waals surface area contributed by atoms with Crippen molar-refractivity contribution in [1.82, 2.24) is 19.9 Å². The number of halogens is 3. The summed E-state index contributed by atoms with van der Waals surface area (Å²) < 4.78 is 59.0. The summed E-state index contributed by atoms with van der Waals surface area (Å²) >= 11 is 0. The molecule has 0 spiro atoms. The highest BCUT2D eigenvalue weighted by molar-refractivity contribution is 6.04. The second-order valence-corrected chi connectivity index (χ2v) is 12.9. The molecule has 47 heavy (non-hydrogen) atoms. The molecule has 0 radical (unpaired) electrons. The molecule has 9 nitrogen and oxygen atoms in total. The molecule has 2 aromatic carbocycles. The van der Waals surface area contributed by atoms with Crippen molar-refractivity contribution in [2.75, 3.05) is 37.7 Å². The average Bonchev–Trinajstić information content (AvgIpc) is 3.44. The third kappa shape index (κ3) is 4.69. The molecule has 4 atom stereocenters. The van der Waals surface area contributed by atoms with Gasteiger partial charge in [0.2, 0.25) is 11.9 Å². The Morgan fingerprint density at radius 2 is 2.02 bits per heavy atom. The van der Waals surface area contributed by atoms with E-state index in [1.165, 1.54) is 24.3 Å². The van der Waals surface area contributed by atoms with Crippen molar-refractivity contribution in [2.24, 2.45) is 0 Å². The van der Waals surface area contributed by atoms with Gasteiger partial charge < -0.3 is 24.3 Å². The van der Waals surface area contributed by atoms with Gasteiger partial charge in [-0.2, -0.15) is 9.97 Å². The standard InChI is InChI=1S/C35H31F3N6O3/c1-3-22-24(37)9-8-19-13-21(45)14-23(27(19)22)30-29(38)31-28-32(44-12-5-4-7-25(39-2)26(44)17-46-33(28)40-30)42-34(41-31)47-18-35-10-6-11-43(35)16-20(36)15-35/h1,8-9,13-14,20,25-26,45H,4-7,10-12,15-18H2/t20-,25?,26?,35+/m1/s1. The zero-order chi connectivity index (χ0) is 32.4. The quantitative estimate of drug-likeness (QED) is 0.221. The number of phenolic OH excluding ortho intramolecular Hbond substituents is 1. The minimum absolute atomic E-state index is 0.0431. The Hall–Kier alpha value is -4.81. The highest BCUT2D eigenvalue weighted by Gasteiger charge is 2.49. The number of hydrogen-bond acceptors (Lipinski definition) is 8. The van der Waals surface area contributed by atoms with Gasteiger partial charge in [-0.05, 0) is 55.8 Å².